The lowest BCUT2D eigenvalue weighted by atomic mass is 10.0. The maximum absolute atomic E-state index is 5.66. The summed E-state index contributed by atoms with van der Waals surface area (Å²) in [6, 6.07) is 3.95. The summed E-state index contributed by atoms with van der Waals surface area (Å²) < 4.78 is 4.25. The van der Waals surface area contributed by atoms with Crippen LogP contribution in [0.2, 0.25) is 0 Å². The first-order chi connectivity index (χ1) is 6.61. The zero-order valence-corrected chi connectivity index (χ0v) is 9.45. The number of nitrogens with zero attached hydrogens (tertiary/aromatic N) is 1. The minimum Gasteiger partial charge on any atom is -0.388 e. The van der Waals surface area contributed by atoms with Crippen molar-refractivity contribution in [2.45, 2.75) is 20.3 Å². The lowest BCUT2D eigenvalue weighted by molar-refractivity contribution is 0.277. The SMILES string of the molecule is CC(C)Cc1cccnc1N.COC. The van der Waals surface area contributed by atoms with Crippen molar-refractivity contribution in [3.8, 4) is 0 Å². The fourth-order valence-electron chi connectivity index (χ4n) is 1.06. The summed E-state index contributed by atoms with van der Waals surface area (Å²) in [5, 5.41) is 0. The minimum atomic E-state index is 0.640. The number of aromatic nitrogens is 1. The molecule has 1 aromatic rings. The number of ether oxygens (including phenoxy) is 1. The van der Waals surface area contributed by atoms with Crippen LogP contribution in [0.1, 0.15) is 19.4 Å². The molecule has 80 valence electrons. The summed E-state index contributed by atoms with van der Waals surface area (Å²) in [4.78, 5) is 4.01. The molecule has 0 aliphatic rings. The lowest BCUT2D eigenvalue weighted by Crippen LogP contribution is -2.00. The molecule has 0 amide bonds. The van der Waals surface area contributed by atoms with Gasteiger partial charge in [-0.05, 0) is 24.0 Å². The Hall–Kier alpha value is -1.09. The van der Waals surface area contributed by atoms with Gasteiger partial charge in [-0.25, -0.2) is 4.98 Å². The van der Waals surface area contributed by atoms with Crippen molar-refractivity contribution in [1.29, 1.82) is 0 Å². The predicted octanol–water partition coefficient (Wildman–Crippen LogP) is 2.12. The highest BCUT2D eigenvalue weighted by Gasteiger charge is 2.00. The molecule has 1 rings (SSSR count). The average Bonchev–Trinajstić information content (AvgIpc) is 2.09. The first-order valence-electron chi connectivity index (χ1n) is 4.71. The summed E-state index contributed by atoms with van der Waals surface area (Å²) >= 11 is 0. The van der Waals surface area contributed by atoms with E-state index < -0.39 is 0 Å². The first-order valence-corrected chi connectivity index (χ1v) is 4.71. The molecular weight excluding hydrogens is 176 g/mol. The van der Waals surface area contributed by atoms with E-state index in [-0.39, 0.29) is 0 Å². The van der Waals surface area contributed by atoms with Gasteiger partial charge < -0.3 is 10.5 Å². The Morgan fingerprint density at radius 2 is 2.00 bits per heavy atom. The van der Waals surface area contributed by atoms with Crippen molar-refractivity contribution >= 4 is 5.82 Å². The van der Waals surface area contributed by atoms with E-state index in [2.05, 4.69) is 23.6 Å². The molecule has 0 saturated heterocycles. The number of hydrogen-bond acceptors (Lipinski definition) is 3. The highest BCUT2D eigenvalue weighted by molar-refractivity contribution is 5.38. The molecule has 0 saturated carbocycles. The second-order valence-corrected chi connectivity index (χ2v) is 3.55. The van der Waals surface area contributed by atoms with Gasteiger partial charge in [0, 0.05) is 20.4 Å². The quantitative estimate of drug-likeness (QED) is 0.788. The van der Waals surface area contributed by atoms with Crippen LogP contribution in [0, 0.1) is 5.92 Å². The van der Waals surface area contributed by atoms with Crippen LogP contribution in [0.4, 0.5) is 5.82 Å². The van der Waals surface area contributed by atoms with Crippen LogP contribution in [-0.4, -0.2) is 19.2 Å². The molecule has 0 unspecified atom stereocenters. The summed E-state index contributed by atoms with van der Waals surface area (Å²) in [5.41, 5.74) is 6.81. The maximum atomic E-state index is 5.66. The molecule has 0 atom stereocenters. The molecular formula is C11H20N2O. The Labute approximate surface area is 86.3 Å². The van der Waals surface area contributed by atoms with Crippen molar-refractivity contribution in [2.75, 3.05) is 20.0 Å². The van der Waals surface area contributed by atoms with Gasteiger partial charge in [0.2, 0.25) is 0 Å². The molecule has 0 radical (unpaired) electrons. The summed E-state index contributed by atoms with van der Waals surface area (Å²) in [7, 11) is 3.25. The lowest BCUT2D eigenvalue weighted by Gasteiger charge is -2.05. The zero-order chi connectivity index (χ0) is 11.0. The molecule has 3 nitrogen and oxygen atoms in total. The molecule has 3 heteroatoms. The number of rotatable bonds is 2. The van der Waals surface area contributed by atoms with E-state index in [4.69, 9.17) is 5.73 Å². The van der Waals surface area contributed by atoms with Crippen LogP contribution in [-0.2, 0) is 11.2 Å². The summed E-state index contributed by atoms with van der Waals surface area (Å²) in [5.74, 6) is 1.31. The standard InChI is InChI=1S/C9H14N2.C2H6O/c1-7(2)6-8-4-3-5-11-9(8)10;1-3-2/h3-5,7H,6H2,1-2H3,(H2,10,11);1-2H3. The van der Waals surface area contributed by atoms with Crippen LogP contribution in [0.3, 0.4) is 0 Å². The zero-order valence-electron chi connectivity index (χ0n) is 9.45. The number of nitrogens with two attached hydrogens (primary N) is 1. The molecule has 0 bridgehead atoms. The Kier molecular flexibility index (Phi) is 6.76. The molecule has 0 aliphatic carbocycles. The molecule has 0 fully saturated rings. The predicted molar refractivity (Wildman–Crippen MR) is 60.1 cm³/mol. The summed E-state index contributed by atoms with van der Waals surface area (Å²) in [6.07, 6.45) is 2.73. The minimum absolute atomic E-state index is 0.640. The summed E-state index contributed by atoms with van der Waals surface area (Å²) in [6.45, 7) is 4.35. The second kappa shape index (κ2) is 7.33. The first kappa shape index (κ1) is 12.9. The highest BCUT2D eigenvalue weighted by atomic mass is 16.4. The third-order valence-electron chi connectivity index (χ3n) is 1.55. The maximum Gasteiger partial charge on any atom is 0.126 e. The fourth-order valence-corrected chi connectivity index (χ4v) is 1.06. The van der Waals surface area contributed by atoms with Crippen LogP contribution in [0.25, 0.3) is 0 Å². The smallest absolute Gasteiger partial charge is 0.126 e. The number of methoxy groups -OCH3 is 1. The van der Waals surface area contributed by atoms with E-state index in [9.17, 15) is 0 Å². The van der Waals surface area contributed by atoms with E-state index in [0.29, 0.717) is 11.7 Å². The van der Waals surface area contributed by atoms with E-state index in [0.717, 1.165) is 12.0 Å². The topological polar surface area (TPSA) is 48.1 Å². The Balaban J connectivity index is 0.000000500. The monoisotopic (exact) mass is 196 g/mol. The van der Waals surface area contributed by atoms with Gasteiger partial charge in [-0.1, -0.05) is 19.9 Å². The van der Waals surface area contributed by atoms with Crippen LogP contribution in [0.15, 0.2) is 18.3 Å². The molecule has 1 aromatic heterocycles. The van der Waals surface area contributed by atoms with E-state index in [1.165, 1.54) is 0 Å². The van der Waals surface area contributed by atoms with Crippen molar-refractivity contribution in [3.05, 3.63) is 23.9 Å². The molecule has 2 N–H and O–H groups in total. The van der Waals surface area contributed by atoms with Gasteiger partial charge in [0.15, 0.2) is 0 Å². The van der Waals surface area contributed by atoms with Gasteiger partial charge in [0.05, 0.1) is 0 Å². The molecule has 0 aromatic carbocycles. The molecule has 0 aliphatic heterocycles. The average molecular weight is 196 g/mol. The molecule has 0 spiro atoms. The van der Waals surface area contributed by atoms with E-state index >= 15 is 0 Å². The van der Waals surface area contributed by atoms with Crippen molar-refractivity contribution in [3.63, 3.8) is 0 Å². The highest BCUT2D eigenvalue weighted by Crippen LogP contribution is 2.12. The molecule has 1 heterocycles. The van der Waals surface area contributed by atoms with Gasteiger partial charge in [0.25, 0.3) is 0 Å². The third-order valence-corrected chi connectivity index (χ3v) is 1.55. The van der Waals surface area contributed by atoms with Gasteiger partial charge in [0.1, 0.15) is 5.82 Å². The molecule has 14 heavy (non-hydrogen) atoms. The van der Waals surface area contributed by atoms with Gasteiger partial charge in [-0.15, -0.1) is 0 Å². The third kappa shape index (κ3) is 5.54. The van der Waals surface area contributed by atoms with Crippen LogP contribution >= 0.6 is 0 Å². The largest absolute Gasteiger partial charge is 0.388 e. The van der Waals surface area contributed by atoms with Gasteiger partial charge in [-0.2, -0.15) is 0 Å². The van der Waals surface area contributed by atoms with Crippen molar-refractivity contribution in [2.24, 2.45) is 5.92 Å². The second-order valence-electron chi connectivity index (χ2n) is 3.55. The number of nitrogen functional groups attached to an aromatic ring is 1. The van der Waals surface area contributed by atoms with Gasteiger partial charge >= 0.3 is 0 Å². The van der Waals surface area contributed by atoms with Crippen molar-refractivity contribution in [1.82, 2.24) is 4.98 Å². The van der Waals surface area contributed by atoms with Crippen molar-refractivity contribution < 1.29 is 4.74 Å². The van der Waals surface area contributed by atoms with Gasteiger partial charge in [-0.3, -0.25) is 0 Å². The van der Waals surface area contributed by atoms with E-state index in [1.807, 2.05) is 12.1 Å². The number of pyridine rings is 1. The Morgan fingerprint density at radius 3 is 2.43 bits per heavy atom. The Bertz CT molecular complexity index is 249. The van der Waals surface area contributed by atoms with E-state index in [1.54, 1.807) is 20.4 Å². The fraction of sp³-hybridized carbons (Fsp3) is 0.545. The van der Waals surface area contributed by atoms with Crippen LogP contribution in [0.5, 0.6) is 0 Å². The Morgan fingerprint density at radius 1 is 1.43 bits per heavy atom. The number of anilines is 1. The van der Waals surface area contributed by atoms with Crippen LogP contribution < -0.4 is 5.73 Å². The number of hydrogen-bond donors (Lipinski definition) is 1. The normalized spacial score (nSPS) is 9.50.